The van der Waals surface area contributed by atoms with Gasteiger partial charge in [-0.1, -0.05) is 12.1 Å². The van der Waals surface area contributed by atoms with Crippen molar-refractivity contribution in [3.8, 4) is 0 Å². The Bertz CT molecular complexity index is 954. The summed E-state index contributed by atoms with van der Waals surface area (Å²) < 4.78 is 29.8. The van der Waals surface area contributed by atoms with Crippen molar-refractivity contribution in [2.45, 2.75) is 25.8 Å². The van der Waals surface area contributed by atoms with Crippen LogP contribution in [0.5, 0.6) is 0 Å². The Morgan fingerprint density at radius 2 is 1.87 bits per heavy atom. The molecule has 3 aromatic rings. The van der Waals surface area contributed by atoms with Crippen LogP contribution in [0.4, 0.5) is 8.78 Å². The predicted molar refractivity (Wildman–Crippen MR) is 85.0 cm³/mol. The monoisotopic (exact) mass is 311 g/mol. The van der Waals surface area contributed by atoms with Crippen molar-refractivity contribution < 1.29 is 8.78 Å². The number of fused-ring (bicyclic) bond motifs is 2. The van der Waals surface area contributed by atoms with Gasteiger partial charge in [-0.15, -0.1) is 0 Å². The van der Waals surface area contributed by atoms with Crippen LogP contribution >= 0.6 is 0 Å². The quantitative estimate of drug-likeness (QED) is 0.672. The second-order valence-electron chi connectivity index (χ2n) is 6.41. The van der Waals surface area contributed by atoms with E-state index < -0.39 is 11.4 Å². The molecule has 0 bridgehead atoms. The summed E-state index contributed by atoms with van der Waals surface area (Å²) in [6.07, 6.45) is 3.86. The summed E-state index contributed by atoms with van der Waals surface area (Å²) in [7, 11) is 0. The minimum atomic E-state index is -0.429. The highest BCUT2D eigenvalue weighted by atomic mass is 19.1. The van der Waals surface area contributed by atoms with E-state index in [0.717, 1.165) is 5.56 Å². The minimum Gasteiger partial charge on any atom is -0.296 e. The van der Waals surface area contributed by atoms with E-state index in [2.05, 4.69) is 4.98 Å². The first kappa shape index (κ1) is 14.1. The first-order chi connectivity index (χ1) is 11.0. The van der Waals surface area contributed by atoms with Crippen LogP contribution in [0.1, 0.15) is 30.7 Å². The molecule has 5 heteroatoms. The number of rotatable bonds is 1. The van der Waals surface area contributed by atoms with Crippen LogP contribution in [0.2, 0.25) is 0 Å². The molecule has 0 fully saturated rings. The molecule has 0 aliphatic carbocycles. The van der Waals surface area contributed by atoms with Gasteiger partial charge in [-0.3, -0.25) is 9.39 Å². The van der Waals surface area contributed by atoms with Crippen molar-refractivity contribution in [1.82, 2.24) is 9.38 Å². The number of hydrogen-bond donors (Lipinski definition) is 0. The Balaban J connectivity index is 2.02. The molecule has 0 amide bonds. The van der Waals surface area contributed by atoms with E-state index in [-0.39, 0.29) is 11.5 Å². The summed E-state index contributed by atoms with van der Waals surface area (Å²) in [5.41, 5.74) is 2.52. The minimum absolute atomic E-state index is 0.233. The molecule has 0 spiro atoms. The van der Waals surface area contributed by atoms with Gasteiger partial charge in [-0.2, -0.15) is 0 Å². The first-order valence-corrected chi connectivity index (χ1v) is 7.46. The molecule has 0 N–H and O–H groups in total. The zero-order valence-corrected chi connectivity index (χ0v) is 12.8. The SMILES string of the molecule is CC1(C)Cc2c(F)cccc2C(c2cnc3c(F)cccn23)=N1. The molecule has 3 nitrogen and oxygen atoms in total. The van der Waals surface area contributed by atoms with Gasteiger partial charge in [-0.05, 0) is 37.6 Å². The molecule has 4 rings (SSSR count). The molecular formula is C18H15F2N3. The Hall–Kier alpha value is -2.56. The van der Waals surface area contributed by atoms with E-state index in [9.17, 15) is 8.78 Å². The van der Waals surface area contributed by atoms with Crippen molar-refractivity contribution in [2.75, 3.05) is 0 Å². The Morgan fingerprint density at radius 1 is 1.09 bits per heavy atom. The van der Waals surface area contributed by atoms with Crippen LogP contribution in [-0.4, -0.2) is 20.6 Å². The standard InChI is InChI=1S/C18H15F2N3/c1-18(2)9-12-11(5-3-6-13(12)19)16(22-18)15-10-21-17-14(20)7-4-8-23(15)17/h3-8,10H,9H2,1-2H3. The van der Waals surface area contributed by atoms with Gasteiger partial charge in [-0.25, -0.2) is 13.8 Å². The van der Waals surface area contributed by atoms with Gasteiger partial charge >= 0.3 is 0 Å². The van der Waals surface area contributed by atoms with Crippen molar-refractivity contribution in [1.29, 1.82) is 0 Å². The lowest BCUT2D eigenvalue weighted by atomic mass is 9.86. The molecule has 0 atom stereocenters. The molecule has 0 saturated carbocycles. The third kappa shape index (κ3) is 2.15. The lowest BCUT2D eigenvalue weighted by Gasteiger charge is -2.29. The second kappa shape index (κ2) is 4.72. The van der Waals surface area contributed by atoms with Crippen molar-refractivity contribution in [2.24, 2.45) is 4.99 Å². The summed E-state index contributed by atoms with van der Waals surface area (Å²) in [5.74, 6) is -0.628. The van der Waals surface area contributed by atoms with Crippen LogP contribution < -0.4 is 0 Å². The fourth-order valence-corrected chi connectivity index (χ4v) is 3.14. The fourth-order valence-electron chi connectivity index (χ4n) is 3.14. The molecular weight excluding hydrogens is 296 g/mol. The molecule has 116 valence electrons. The number of nitrogens with zero attached hydrogens (tertiary/aromatic N) is 3. The number of pyridine rings is 1. The van der Waals surface area contributed by atoms with Crippen LogP contribution in [0.15, 0.2) is 47.7 Å². The predicted octanol–water partition coefficient (Wildman–Crippen LogP) is 3.78. The average molecular weight is 311 g/mol. The molecule has 2 aromatic heterocycles. The third-order valence-corrected chi connectivity index (χ3v) is 4.13. The van der Waals surface area contributed by atoms with Crippen LogP contribution in [0.25, 0.3) is 5.65 Å². The van der Waals surface area contributed by atoms with E-state index in [4.69, 9.17) is 4.99 Å². The maximum Gasteiger partial charge on any atom is 0.173 e. The van der Waals surface area contributed by atoms with Crippen molar-refractivity contribution in [3.63, 3.8) is 0 Å². The Morgan fingerprint density at radius 3 is 2.70 bits per heavy atom. The zero-order chi connectivity index (χ0) is 16.2. The molecule has 1 aliphatic heterocycles. The summed E-state index contributed by atoms with van der Waals surface area (Å²) in [6.45, 7) is 3.93. The van der Waals surface area contributed by atoms with Crippen LogP contribution in [0.3, 0.4) is 0 Å². The van der Waals surface area contributed by atoms with Gasteiger partial charge in [0.2, 0.25) is 0 Å². The summed E-state index contributed by atoms with van der Waals surface area (Å²) >= 11 is 0. The van der Waals surface area contributed by atoms with Crippen molar-refractivity contribution >= 4 is 11.4 Å². The fraction of sp³-hybridized carbons (Fsp3) is 0.222. The van der Waals surface area contributed by atoms with Gasteiger partial charge in [0.15, 0.2) is 11.5 Å². The number of imidazole rings is 1. The number of aromatic nitrogens is 2. The van der Waals surface area contributed by atoms with E-state index in [0.29, 0.717) is 23.4 Å². The smallest absolute Gasteiger partial charge is 0.173 e. The number of benzene rings is 1. The lowest BCUT2D eigenvalue weighted by Crippen LogP contribution is -2.30. The van der Waals surface area contributed by atoms with Gasteiger partial charge in [0, 0.05) is 18.2 Å². The van der Waals surface area contributed by atoms with Gasteiger partial charge in [0.1, 0.15) is 5.82 Å². The maximum atomic E-state index is 14.3. The molecule has 0 saturated heterocycles. The van der Waals surface area contributed by atoms with Gasteiger partial charge in [0.25, 0.3) is 0 Å². The third-order valence-electron chi connectivity index (χ3n) is 4.13. The summed E-state index contributed by atoms with van der Waals surface area (Å²) in [6, 6.07) is 7.98. The first-order valence-electron chi connectivity index (χ1n) is 7.46. The molecule has 0 radical (unpaired) electrons. The van der Waals surface area contributed by atoms with Gasteiger partial charge in [0.05, 0.1) is 23.1 Å². The van der Waals surface area contributed by atoms with E-state index in [1.54, 1.807) is 28.9 Å². The molecule has 1 aromatic carbocycles. The number of aliphatic imine (C=N–C) groups is 1. The van der Waals surface area contributed by atoms with Crippen molar-refractivity contribution in [3.05, 3.63) is 71.2 Å². The zero-order valence-electron chi connectivity index (χ0n) is 12.8. The highest BCUT2D eigenvalue weighted by molar-refractivity contribution is 6.13. The molecule has 23 heavy (non-hydrogen) atoms. The van der Waals surface area contributed by atoms with E-state index >= 15 is 0 Å². The highest BCUT2D eigenvalue weighted by Gasteiger charge is 2.30. The summed E-state index contributed by atoms with van der Waals surface area (Å²) in [4.78, 5) is 8.94. The maximum absolute atomic E-state index is 14.3. The average Bonchev–Trinajstić information content (AvgIpc) is 2.92. The second-order valence-corrected chi connectivity index (χ2v) is 6.41. The largest absolute Gasteiger partial charge is 0.296 e. The molecule has 0 unspecified atom stereocenters. The number of halogens is 2. The molecule has 3 heterocycles. The lowest BCUT2D eigenvalue weighted by molar-refractivity contribution is 0.492. The topological polar surface area (TPSA) is 29.7 Å². The van der Waals surface area contributed by atoms with E-state index in [1.165, 1.54) is 12.1 Å². The number of hydrogen-bond acceptors (Lipinski definition) is 2. The summed E-state index contributed by atoms with van der Waals surface area (Å²) in [5, 5.41) is 0. The van der Waals surface area contributed by atoms with Gasteiger partial charge < -0.3 is 0 Å². The highest BCUT2D eigenvalue weighted by Crippen LogP contribution is 2.31. The Labute approximate surface area is 132 Å². The van der Waals surface area contributed by atoms with E-state index in [1.807, 2.05) is 19.9 Å². The normalized spacial score (nSPS) is 16.3. The Kier molecular flexibility index (Phi) is 2.88. The van der Waals surface area contributed by atoms with Crippen LogP contribution in [-0.2, 0) is 6.42 Å². The molecule has 1 aliphatic rings. The van der Waals surface area contributed by atoms with Crippen LogP contribution in [0, 0.1) is 11.6 Å².